The molecule has 33 heavy (non-hydrogen) atoms. The maximum absolute atomic E-state index is 12.5. The van der Waals surface area contributed by atoms with Crippen LogP contribution in [0.3, 0.4) is 0 Å². The van der Waals surface area contributed by atoms with Crippen LogP contribution < -0.4 is 10.1 Å². The van der Waals surface area contributed by atoms with Crippen LogP contribution in [0.2, 0.25) is 0 Å². The summed E-state index contributed by atoms with van der Waals surface area (Å²) in [5, 5.41) is 13.5. The molecular weight excluding hydrogens is 460 g/mol. The lowest BCUT2D eigenvalue weighted by Crippen LogP contribution is -2.21. The van der Waals surface area contributed by atoms with Crippen molar-refractivity contribution in [2.45, 2.75) is 13.3 Å². The predicted molar refractivity (Wildman–Crippen MR) is 115 cm³/mol. The molecule has 0 aliphatic rings. The Kier molecular flexibility index (Phi) is 8.45. The van der Waals surface area contributed by atoms with Gasteiger partial charge < -0.3 is 24.3 Å². The summed E-state index contributed by atoms with van der Waals surface area (Å²) in [6, 6.07) is 4.18. The SMILES string of the molecule is COC(=O)Cc1c(C(=O)OC)sc(NC(=O)COc2cc(C)ccc2[N+](=O)[O-])c1C(=O)OC. The Morgan fingerprint density at radius 2 is 1.73 bits per heavy atom. The zero-order valence-electron chi connectivity index (χ0n) is 18.1. The number of hydrogen-bond acceptors (Lipinski definition) is 11. The minimum absolute atomic E-state index is 0.0314. The number of carbonyl (C=O) groups excluding carboxylic acids is 4. The Labute approximate surface area is 191 Å². The fraction of sp³-hybridized carbons (Fsp3) is 0.300. The maximum Gasteiger partial charge on any atom is 0.348 e. The Hall–Kier alpha value is -4.00. The molecule has 0 saturated heterocycles. The van der Waals surface area contributed by atoms with Gasteiger partial charge in [-0.3, -0.25) is 19.7 Å². The molecule has 0 radical (unpaired) electrons. The number of aryl methyl sites for hydroxylation is 1. The average molecular weight is 480 g/mol. The highest BCUT2D eigenvalue weighted by Crippen LogP contribution is 2.35. The van der Waals surface area contributed by atoms with Crippen LogP contribution in [0.1, 0.15) is 31.2 Å². The molecular formula is C20H20N2O10S. The Balaban J connectivity index is 2.36. The Morgan fingerprint density at radius 1 is 1.06 bits per heavy atom. The van der Waals surface area contributed by atoms with Gasteiger partial charge in [-0.2, -0.15) is 0 Å². The highest BCUT2D eigenvalue weighted by atomic mass is 32.1. The second kappa shape index (κ2) is 11.0. The number of nitrogens with zero attached hydrogens (tertiary/aromatic N) is 1. The van der Waals surface area contributed by atoms with Crippen molar-refractivity contribution >= 4 is 45.8 Å². The summed E-state index contributed by atoms with van der Waals surface area (Å²) in [5.41, 5.74) is 0.102. The minimum Gasteiger partial charge on any atom is -0.477 e. The number of esters is 3. The van der Waals surface area contributed by atoms with Gasteiger partial charge in [0.2, 0.25) is 0 Å². The summed E-state index contributed by atoms with van der Waals surface area (Å²) < 4.78 is 19.3. The van der Waals surface area contributed by atoms with Gasteiger partial charge >= 0.3 is 23.6 Å². The molecule has 0 bridgehead atoms. The van der Waals surface area contributed by atoms with Gasteiger partial charge in [-0.15, -0.1) is 11.3 Å². The van der Waals surface area contributed by atoms with Gasteiger partial charge in [-0.25, -0.2) is 9.59 Å². The monoisotopic (exact) mass is 480 g/mol. The molecule has 0 aliphatic carbocycles. The van der Waals surface area contributed by atoms with Crippen LogP contribution in [-0.4, -0.2) is 56.7 Å². The van der Waals surface area contributed by atoms with Crippen molar-refractivity contribution in [1.82, 2.24) is 0 Å². The Morgan fingerprint density at radius 3 is 2.30 bits per heavy atom. The lowest BCUT2D eigenvalue weighted by atomic mass is 10.1. The molecule has 2 aromatic rings. The van der Waals surface area contributed by atoms with Gasteiger partial charge in [0.1, 0.15) is 9.88 Å². The quantitative estimate of drug-likeness (QED) is 0.244. The molecule has 1 aromatic heterocycles. The summed E-state index contributed by atoms with van der Waals surface area (Å²) >= 11 is 0.697. The van der Waals surface area contributed by atoms with E-state index in [0.717, 1.165) is 21.3 Å². The molecule has 1 amide bonds. The van der Waals surface area contributed by atoms with Crippen LogP contribution in [0.4, 0.5) is 10.7 Å². The number of methoxy groups -OCH3 is 3. The third kappa shape index (κ3) is 6.04. The third-order valence-electron chi connectivity index (χ3n) is 4.24. The molecule has 0 atom stereocenters. The molecule has 12 nitrogen and oxygen atoms in total. The van der Waals surface area contributed by atoms with Crippen molar-refractivity contribution < 1.29 is 43.0 Å². The molecule has 0 aliphatic heterocycles. The van der Waals surface area contributed by atoms with Crippen LogP contribution in [0.5, 0.6) is 5.75 Å². The van der Waals surface area contributed by atoms with Gasteiger partial charge in [-0.1, -0.05) is 6.07 Å². The van der Waals surface area contributed by atoms with Crippen molar-refractivity contribution in [3.63, 3.8) is 0 Å². The highest BCUT2D eigenvalue weighted by Gasteiger charge is 2.30. The molecule has 1 heterocycles. The third-order valence-corrected chi connectivity index (χ3v) is 5.37. The number of carbonyl (C=O) groups is 4. The zero-order chi connectivity index (χ0) is 24.7. The van der Waals surface area contributed by atoms with E-state index < -0.39 is 41.8 Å². The van der Waals surface area contributed by atoms with E-state index in [-0.39, 0.29) is 32.4 Å². The first kappa shape index (κ1) is 25.3. The molecule has 0 saturated carbocycles. The predicted octanol–water partition coefficient (Wildman–Crippen LogP) is 2.27. The van der Waals surface area contributed by atoms with Gasteiger partial charge in [-0.05, 0) is 18.6 Å². The standard InChI is InChI=1S/C20H20N2O10S/c1-10-5-6-12(22(27)28)13(7-10)32-9-14(23)21-18-16(19(25)30-3)11(8-15(24)29-2)17(33-18)20(26)31-4/h5-7H,8-9H2,1-4H3,(H,21,23). The van der Waals surface area contributed by atoms with E-state index in [9.17, 15) is 29.3 Å². The molecule has 13 heteroatoms. The highest BCUT2D eigenvalue weighted by molar-refractivity contribution is 7.18. The van der Waals surface area contributed by atoms with Crippen LogP contribution in [-0.2, 0) is 30.2 Å². The summed E-state index contributed by atoms with van der Waals surface area (Å²) in [6.45, 7) is 1.06. The summed E-state index contributed by atoms with van der Waals surface area (Å²) in [7, 11) is 3.34. The first-order valence-corrected chi connectivity index (χ1v) is 10.0. The fourth-order valence-electron chi connectivity index (χ4n) is 2.71. The van der Waals surface area contributed by atoms with Gasteiger partial charge in [0.05, 0.1) is 38.2 Å². The molecule has 0 fully saturated rings. The second-order valence-electron chi connectivity index (χ2n) is 6.42. The fourth-order valence-corrected chi connectivity index (χ4v) is 3.85. The first-order chi connectivity index (χ1) is 15.6. The molecule has 176 valence electrons. The van der Waals surface area contributed by atoms with Crippen molar-refractivity contribution in [3.8, 4) is 5.75 Å². The van der Waals surface area contributed by atoms with Crippen molar-refractivity contribution in [2.75, 3.05) is 33.3 Å². The lowest BCUT2D eigenvalue weighted by molar-refractivity contribution is -0.385. The number of benzene rings is 1. The van der Waals surface area contributed by atoms with E-state index in [4.69, 9.17) is 14.2 Å². The first-order valence-electron chi connectivity index (χ1n) is 9.19. The molecule has 1 aromatic carbocycles. The van der Waals surface area contributed by atoms with Gasteiger partial charge in [0.15, 0.2) is 12.4 Å². The number of anilines is 1. The number of nitrogens with one attached hydrogen (secondary N) is 1. The number of ether oxygens (including phenoxy) is 4. The van der Waals surface area contributed by atoms with Crippen LogP contribution >= 0.6 is 11.3 Å². The summed E-state index contributed by atoms with van der Waals surface area (Å²) in [4.78, 5) is 59.3. The van der Waals surface area contributed by atoms with Crippen molar-refractivity contribution in [2.24, 2.45) is 0 Å². The van der Waals surface area contributed by atoms with E-state index in [1.807, 2.05) is 0 Å². The largest absolute Gasteiger partial charge is 0.477 e. The summed E-state index contributed by atoms with van der Waals surface area (Å²) in [5.74, 6) is -3.38. The number of amides is 1. The Bertz CT molecular complexity index is 1110. The van der Waals surface area contributed by atoms with E-state index in [0.29, 0.717) is 16.9 Å². The van der Waals surface area contributed by atoms with E-state index in [1.165, 1.54) is 18.2 Å². The zero-order valence-corrected chi connectivity index (χ0v) is 18.9. The van der Waals surface area contributed by atoms with Gasteiger partial charge in [0.25, 0.3) is 5.91 Å². The molecule has 0 spiro atoms. The molecule has 2 rings (SSSR count). The topological polar surface area (TPSA) is 160 Å². The smallest absolute Gasteiger partial charge is 0.348 e. The van der Waals surface area contributed by atoms with E-state index >= 15 is 0 Å². The van der Waals surface area contributed by atoms with Crippen LogP contribution in [0, 0.1) is 17.0 Å². The van der Waals surface area contributed by atoms with Crippen LogP contribution in [0.15, 0.2) is 18.2 Å². The average Bonchev–Trinajstić information content (AvgIpc) is 3.13. The van der Waals surface area contributed by atoms with Crippen molar-refractivity contribution in [3.05, 3.63) is 49.9 Å². The number of nitro groups is 1. The summed E-state index contributed by atoms with van der Waals surface area (Å²) in [6.07, 6.45) is -0.455. The van der Waals surface area contributed by atoms with Crippen LogP contribution in [0.25, 0.3) is 0 Å². The number of thiophene rings is 1. The van der Waals surface area contributed by atoms with E-state index in [1.54, 1.807) is 6.92 Å². The molecule has 0 unspecified atom stereocenters. The number of hydrogen-bond donors (Lipinski definition) is 1. The minimum atomic E-state index is -0.911. The molecule has 1 N–H and O–H groups in total. The lowest BCUT2D eigenvalue weighted by Gasteiger charge is -2.09. The number of rotatable bonds is 9. The van der Waals surface area contributed by atoms with Gasteiger partial charge in [0, 0.05) is 11.6 Å². The second-order valence-corrected chi connectivity index (χ2v) is 7.44. The maximum atomic E-state index is 12.5. The van der Waals surface area contributed by atoms with Crippen molar-refractivity contribution in [1.29, 1.82) is 0 Å². The normalized spacial score (nSPS) is 10.2. The number of nitro benzene ring substituents is 1. The van der Waals surface area contributed by atoms with E-state index in [2.05, 4.69) is 10.1 Å².